The van der Waals surface area contributed by atoms with Crippen LogP contribution in [0.25, 0.3) is 0 Å². The van der Waals surface area contributed by atoms with E-state index < -0.39 is 19.4 Å². The predicted octanol–water partition coefficient (Wildman–Crippen LogP) is 8.10. The first-order chi connectivity index (χ1) is 10.3. The fraction of sp³-hybridized carbons (Fsp3) is 0.400. The van der Waals surface area contributed by atoms with Crippen LogP contribution in [0.15, 0.2) is 37.8 Å². The summed E-state index contributed by atoms with van der Waals surface area (Å²) in [6, 6.07) is 7.75. The van der Waals surface area contributed by atoms with Crippen LogP contribution in [0, 0.1) is 0 Å². The van der Waals surface area contributed by atoms with Gasteiger partial charge in [-0.3, -0.25) is 0 Å². The molecular formula is C10H13Cl4N4OP3. The van der Waals surface area contributed by atoms with Crippen molar-refractivity contribution >= 4 is 64.4 Å². The molecule has 1 atom stereocenters. The van der Waals surface area contributed by atoms with Crippen molar-refractivity contribution in [2.75, 3.05) is 6.54 Å². The minimum atomic E-state index is -3.00. The number of hydrogen-bond acceptors (Lipinski definition) is 5. The number of halogens is 4. The molecule has 2 aliphatic heterocycles. The predicted molar refractivity (Wildman–Crippen MR) is 99.2 cm³/mol. The Morgan fingerprint density at radius 2 is 1.77 bits per heavy atom. The Morgan fingerprint density at radius 3 is 2.45 bits per heavy atom. The Hall–Kier alpha value is 0.830. The standard InChI is InChI=1S/C10H13Cl4N4OP3/c1-2-7-18-8-9-5-3-4-6-10(9)19-22(18)16-20(11,12)15-21(13,14)17-22/h3-6H,2,7-8H2,1H3. The normalized spacial score (nSPS) is 28.8. The molecule has 22 heavy (non-hydrogen) atoms. The van der Waals surface area contributed by atoms with E-state index in [4.69, 9.17) is 49.5 Å². The zero-order valence-electron chi connectivity index (χ0n) is 11.5. The van der Waals surface area contributed by atoms with Crippen molar-refractivity contribution in [3.8, 4) is 5.75 Å². The summed E-state index contributed by atoms with van der Waals surface area (Å²) in [5.41, 5.74) is 1.07. The van der Waals surface area contributed by atoms with Gasteiger partial charge >= 0.3 is 7.58 Å². The minimum absolute atomic E-state index is 0.645. The van der Waals surface area contributed by atoms with Crippen LogP contribution in [0.4, 0.5) is 0 Å². The quantitative estimate of drug-likeness (QED) is 0.437. The summed E-state index contributed by atoms with van der Waals surface area (Å²) in [6.07, 6.45) is 0.904. The molecule has 0 radical (unpaired) electrons. The van der Waals surface area contributed by atoms with Crippen LogP contribution in [0.5, 0.6) is 5.75 Å². The monoisotopic (exact) mass is 438 g/mol. The van der Waals surface area contributed by atoms with Crippen LogP contribution in [-0.4, -0.2) is 11.2 Å². The lowest BCUT2D eigenvalue weighted by molar-refractivity contribution is 0.368. The molecule has 0 aliphatic carbocycles. The van der Waals surface area contributed by atoms with E-state index >= 15 is 0 Å². The molecule has 2 heterocycles. The van der Waals surface area contributed by atoms with Gasteiger partial charge in [-0.25, -0.2) is 4.67 Å². The maximum absolute atomic E-state index is 6.24. The second-order valence-electron chi connectivity index (χ2n) is 4.78. The molecule has 12 heteroatoms. The van der Waals surface area contributed by atoms with Gasteiger partial charge in [-0.05, 0) is 57.5 Å². The first kappa shape index (κ1) is 17.6. The molecular weight excluding hydrogens is 427 g/mol. The molecule has 0 saturated heterocycles. The van der Waals surface area contributed by atoms with Crippen molar-refractivity contribution in [1.82, 2.24) is 4.67 Å². The number of nitrogens with zero attached hydrogens (tertiary/aromatic N) is 4. The minimum Gasteiger partial charge on any atom is -0.430 e. The zero-order chi connectivity index (χ0) is 16.0. The number of hydrogen-bond donors (Lipinski definition) is 0. The first-order valence-corrected chi connectivity index (χ1v) is 15.1. The van der Waals surface area contributed by atoms with Crippen LogP contribution in [-0.2, 0) is 6.54 Å². The Kier molecular flexibility index (Phi) is 5.04. The fourth-order valence-corrected chi connectivity index (χ4v) is 17.4. The summed E-state index contributed by atoms with van der Waals surface area (Å²) in [6.45, 7) is 3.45. The lowest BCUT2D eigenvalue weighted by Crippen LogP contribution is -2.27. The van der Waals surface area contributed by atoms with Gasteiger partial charge in [0, 0.05) is 18.7 Å². The van der Waals surface area contributed by atoms with E-state index in [0.717, 1.165) is 24.3 Å². The first-order valence-electron chi connectivity index (χ1n) is 6.48. The number of para-hydroxylation sites is 1. The summed E-state index contributed by atoms with van der Waals surface area (Å²) in [4.78, 5) is 0. The molecule has 0 bridgehead atoms. The van der Waals surface area contributed by atoms with E-state index in [1.807, 2.05) is 28.9 Å². The van der Waals surface area contributed by atoms with Crippen LogP contribution in [0.1, 0.15) is 18.9 Å². The van der Waals surface area contributed by atoms with Gasteiger partial charge in [-0.2, -0.15) is 13.5 Å². The Morgan fingerprint density at radius 1 is 1.09 bits per heavy atom. The Bertz CT molecular complexity index is 764. The smallest absolute Gasteiger partial charge is 0.333 e. The van der Waals surface area contributed by atoms with Gasteiger partial charge in [-0.1, -0.05) is 25.1 Å². The SMILES string of the molecule is CCCN1Cc2ccccc2O[P@@]12=NP(Cl)(Cl)=NP(Cl)(Cl)=N2. The topological polar surface area (TPSA) is 49.5 Å². The van der Waals surface area contributed by atoms with Crippen molar-refractivity contribution in [1.29, 1.82) is 0 Å². The van der Waals surface area contributed by atoms with Gasteiger partial charge in [0.2, 0.25) is 0 Å². The third-order valence-corrected chi connectivity index (χ3v) is 14.8. The average molecular weight is 440 g/mol. The molecule has 0 unspecified atom stereocenters. The van der Waals surface area contributed by atoms with Crippen LogP contribution < -0.4 is 4.52 Å². The largest absolute Gasteiger partial charge is 0.430 e. The maximum Gasteiger partial charge on any atom is 0.333 e. The van der Waals surface area contributed by atoms with Gasteiger partial charge in [0.15, 0.2) is 0 Å². The Balaban J connectivity index is 2.22. The fourth-order valence-electron chi connectivity index (χ4n) is 2.28. The van der Waals surface area contributed by atoms with Crippen molar-refractivity contribution < 1.29 is 4.52 Å². The second kappa shape index (κ2) is 6.28. The third-order valence-electron chi connectivity index (χ3n) is 3.06. The van der Waals surface area contributed by atoms with E-state index in [9.17, 15) is 0 Å². The van der Waals surface area contributed by atoms with Gasteiger partial charge < -0.3 is 4.52 Å². The van der Waals surface area contributed by atoms with Gasteiger partial charge in [0.25, 0.3) is 11.8 Å². The van der Waals surface area contributed by atoms with E-state index in [0.29, 0.717) is 6.54 Å². The molecule has 0 saturated carbocycles. The average Bonchev–Trinajstić information content (AvgIpc) is 2.36. The molecule has 0 amide bonds. The lowest BCUT2D eigenvalue weighted by Gasteiger charge is -2.39. The highest BCUT2D eigenvalue weighted by Crippen LogP contribution is 2.86. The van der Waals surface area contributed by atoms with Crippen molar-refractivity contribution in [3.63, 3.8) is 0 Å². The van der Waals surface area contributed by atoms with Gasteiger partial charge in [-0.15, -0.1) is 0 Å². The number of fused-ring (bicyclic) bond motifs is 1. The van der Waals surface area contributed by atoms with Crippen molar-refractivity contribution in [2.45, 2.75) is 19.9 Å². The molecule has 0 fully saturated rings. The van der Waals surface area contributed by atoms with Crippen LogP contribution in [0.2, 0.25) is 0 Å². The molecule has 1 aromatic carbocycles. The zero-order valence-corrected chi connectivity index (χ0v) is 17.2. The van der Waals surface area contributed by atoms with E-state index in [1.165, 1.54) is 0 Å². The summed E-state index contributed by atoms with van der Waals surface area (Å²) >= 11 is 24.9. The van der Waals surface area contributed by atoms with E-state index in [-0.39, 0.29) is 0 Å². The summed E-state index contributed by atoms with van der Waals surface area (Å²) in [5, 5.41) is 0. The molecule has 0 aromatic heterocycles. The molecule has 3 rings (SSSR count). The molecule has 1 spiro atoms. The summed E-state index contributed by atoms with van der Waals surface area (Å²) in [5.74, 6) is -5.27. The molecule has 2 aliphatic rings. The highest BCUT2D eigenvalue weighted by molar-refractivity contribution is 8.20. The lowest BCUT2D eigenvalue weighted by atomic mass is 10.2. The molecule has 122 valence electrons. The number of rotatable bonds is 2. The highest BCUT2D eigenvalue weighted by Gasteiger charge is 2.42. The Labute approximate surface area is 148 Å². The molecule has 1 aromatic rings. The highest BCUT2D eigenvalue weighted by atomic mass is 35.9. The summed E-state index contributed by atoms with van der Waals surface area (Å²) < 4.78 is 21.2. The van der Waals surface area contributed by atoms with Gasteiger partial charge in [0.05, 0.1) is 0 Å². The second-order valence-corrected chi connectivity index (χ2v) is 17.2. The van der Waals surface area contributed by atoms with E-state index in [1.54, 1.807) is 0 Å². The summed E-state index contributed by atoms with van der Waals surface area (Å²) in [7, 11) is -2.83. The van der Waals surface area contributed by atoms with E-state index in [2.05, 4.69) is 20.5 Å². The number of benzene rings is 1. The van der Waals surface area contributed by atoms with Crippen molar-refractivity contribution in [2.24, 2.45) is 13.5 Å². The molecule has 5 nitrogen and oxygen atoms in total. The maximum atomic E-state index is 6.24. The van der Waals surface area contributed by atoms with Crippen LogP contribution in [0.3, 0.4) is 0 Å². The van der Waals surface area contributed by atoms with Crippen molar-refractivity contribution in [3.05, 3.63) is 29.8 Å². The van der Waals surface area contributed by atoms with Gasteiger partial charge in [0.1, 0.15) is 5.75 Å². The van der Waals surface area contributed by atoms with Crippen LogP contribution >= 0.6 is 64.4 Å². The molecule has 0 N–H and O–H groups in total. The third kappa shape index (κ3) is 3.58.